The lowest BCUT2D eigenvalue weighted by Crippen LogP contribution is -2.06. The number of aromatic hydroxyl groups is 1. The quantitative estimate of drug-likeness (QED) is 0.484. The molecule has 0 unspecified atom stereocenters. The zero-order valence-electron chi connectivity index (χ0n) is 17.9. The van der Waals surface area contributed by atoms with Crippen LogP contribution in [0.15, 0.2) is 71.5 Å². The van der Waals surface area contributed by atoms with Crippen molar-refractivity contribution in [1.29, 1.82) is 0 Å². The van der Waals surface area contributed by atoms with Crippen LogP contribution < -0.4 is 0 Å². The molecule has 30 heavy (non-hydrogen) atoms. The Labute approximate surface area is 178 Å². The highest BCUT2D eigenvalue weighted by Gasteiger charge is 2.21. The molecule has 2 aliphatic rings. The first kappa shape index (κ1) is 20.1. The number of hydrogen-bond donors (Lipinski definition) is 2. The van der Waals surface area contributed by atoms with Crippen molar-refractivity contribution in [2.45, 2.75) is 39.5 Å². The zero-order chi connectivity index (χ0) is 21.3. The molecule has 0 spiro atoms. The molecule has 0 aliphatic heterocycles. The fourth-order valence-electron chi connectivity index (χ4n) is 4.47. The monoisotopic (exact) mass is 399 g/mol. The summed E-state index contributed by atoms with van der Waals surface area (Å²) in [7, 11) is 2.15. The number of hydrogen-bond acceptors (Lipinski definition) is 2. The van der Waals surface area contributed by atoms with Gasteiger partial charge < -0.3 is 14.8 Å². The summed E-state index contributed by atoms with van der Waals surface area (Å²) in [5.41, 5.74) is 8.95. The number of nitrogens with zero attached hydrogens (tertiary/aromatic N) is 1. The summed E-state index contributed by atoms with van der Waals surface area (Å²) in [4.78, 5) is 0. The molecule has 2 aliphatic carbocycles. The van der Waals surface area contributed by atoms with Gasteiger partial charge in [0.1, 0.15) is 5.75 Å². The van der Waals surface area contributed by atoms with E-state index >= 15 is 0 Å². The average Bonchev–Trinajstić information content (AvgIpc) is 3.07. The Morgan fingerprint density at radius 3 is 2.17 bits per heavy atom. The van der Waals surface area contributed by atoms with E-state index in [0.29, 0.717) is 5.76 Å². The van der Waals surface area contributed by atoms with Gasteiger partial charge in [-0.2, -0.15) is 0 Å². The van der Waals surface area contributed by atoms with E-state index in [1.54, 1.807) is 12.1 Å². The van der Waals surface area contributed by atoms with Crippen molar-refractivity contribution in [2.75, 3.05) is 0 Å². The third-order valence-electron chi connectivity index (χ3n) is 6.05. The number of benzene rings is 2. The van der Waals surface area contributed by atoms with Gasteiger partial charge in [0, 0.05) is 35.6 Å². The molecule has 3 aromatic rings. The Kier molecular flexibility index (Phi) is 5.54. The number of aliphatic hydroxyl groups excluding tert-OH is 1. The first-order valence-corrected chi connectivity index (χ1v) is 10.8. The predicted octanol–water partition coefficient (Wildman–Crippen LogP) is 7.07. The molecule has 1 heterocycles. The Hall–Kier alpha value is -3.20. The number of aromatic nitrogens is 1. The van der Waals surface area contributed by atoms with E-state index in [1.165, 1.54) is 33.3 Å². The Morgan fingerprint density at radius 2 is 1.47 bits per heavy atom. The summed E-state index contributed by atoms with van der Waals surface area (Å²) in [5.74, 6) is 0.764. The Bertz CT molecular complexity index is 1170. The highest BCUT2D eigenvalue weighted by atomic mass is 16.3. The van der Waals surface area contributed by atoms with Gasteiger partial charge in [-0.25, -0.2) is 0 Å². The molecule has 0 amide bonds. The normalized spacial score (nSPS) is 15.5. The van der Waals surface area contributed by atoms with Crippen molar-refractivity contribution < 1.29 is 10.2 Å². The van der Waals surface area contributed by atoms with Crippen molar-refractivity contribution in [2.24, 2.45) is 7.05 Å². The van der Waals surface area contributed by atoms with E-state index in [1.807, 2.05) is 32.1 Å². The molecule has 1 aromatic heterocycles. The molecular formula is C27H29NO2. The molecule has 0 saturated heterocycles. The number of phenolic OH excluding ortho intramolecular Hbond substituents is 1. The zero-order valence-corrected chi connectivity index (χ0v) is 17.9. The maximum Gasteiger partial charge on any atom is 0.115 e. The van der Waals surface area contributed by atoms with Crippen LogP contribution in [0.5, 0.6) is 5.75 Å². The summed E-state index contributed by atoms with van der Waals surface area (Å²) in [6.07, 6.45) is 9.98. The Morgan fingerprint density at radius 1 is 0.767 bits per heavy atom. The Balaban J connectivity index is 0.00000106. The second-order valence-electron chi connectivity index (χ2n) is 7.72. The van der Waals surface area contributed by atoms with Crippen LogP contribution in [0.1, 0.15) is 44.4 Å². The van der Waals surface area contributed by atoms with Crippen LogP contribution in [-0.4, -0.2) is 14.8 Å². The molecular weight excluding hydrogens is 370 g/mol. The van der Waals surface area contributed by atoms with E-state index in [2.05, 4.69) is 42.0 Å². The van der Waals surface area contributed by atoms with Crippen molar-refractivity contribution in [3.63, 3.8) is 0 Å². The van der Waals surface area contributed by atoms with Crippen molar-refractivity contribution in [3.05, 3.63) is 82.8 Å². The van der Waals surface area contributed by atoms with Gasteiger partial charge in [-0.05, 0) is 78.0 Å². The number of aryl methyl sites for hydroxylation is 1. The fourth-order valence-corrected chi connectivity index (χ4v) is 4.47. The standard InChI is InChI=1S/C25H23NO2.C2H6/c1-26-24-12-6-18(16-2-8-20(27)9-3-16)14-22(24)23-15-19(7-13-25(23)26)17-4-10-21(28)11-5-17;1-2/h2-4,6,8-10,12,14-15,27-28H,5,7,11,13H2,1H3;1-2H3. The van der Waals surface area contributed by atoms with Gasteiger partial charge in [-0.1, -0.05) is 38.1 Å². The van der Waals surface area contributed by atoms with Gasteiger partial charge in [-0.3, -0.25) is 0 Å². The summed E-state index contributed by atoms with van der Waals surface area (Å²) in [5, 5.41) is 20.5. The lowest BCUT2D eigenvalue weighted by atomic mass is 9.87. The molecule has 0 bridgehead atoms. The minimum Gasteiger partial charge on any atom is -0.512 e. The fraction of sp³-hybridized carbons (Fsp3) is 0.259. The summed E-state index contributed by atoms with van der Waals surface area (Å²) in [6, 6.07) is 14.0. The first-order chi connectivity index (χ1) is 14.6. The highest BCUT2D eigenvalue weighted by Crippen LogP contribution is 2.38. The average molecular weight is 400 g/mol. The second kappa shape index (κ2) is 8.27. The maximum absolute atomic E-state index is 9.66. The number of rotatable bonds is 2. The van der Waals surface area contributed by atoms with Crippen LogP contribution in [0, 0.1) is 0 Å². The van der Waals surface area contributed by atoms with E-state index < -0.39 is 0 Å². The van der Waals surface area contributed by atoms with Crippen LogP contribution in [-0.2, 0) is 13.5 Å². The van der Waals surface area contributed by atoms with Gasteiger partial charge >= 0.3 is 0 Å². The first-order valence-electron chi connectivity index (χ1n) is 10.8. The molecule has 154 valence electrons. The van der Waals surface area contributed by atoms with Gasteiger partial charge in [0.15, 0.2) is 0 Å². The summed E-state index contributed by atoms with van der Waals surface area (Å²) in [6.45, 7) is 4.00. The lowest BCUT2D eigenvalue weighted by Gasteiger charge is -2.19. The lowest BCUT2D eigenvalue weighted by molar-refractivity contribution is 0.386. The third kappa shape index (κ3) is 3.56. The third-order valence-corrected chi connectivity index (χ3v) is 6.05. The number of phenols is 1. The summed E-state index contributed by atoms with van der Waals surface area (Å²) < 4.78 is 2.32. The van der Waals surface area contributed by atoms with Crippen molar-refractivity contribution >= 4 is 17.0 Å². The predicted molar refractivity (Wildman–Crippen MR) is 126 cm³/mol. The van der Waals surface area contributed by atoms with Gasteiger partial charge in [-0.15, -0.1) is 0 Å². The van der Waals surface area contributed by atoms with Gasteiger partial charge in [0.2, 0.25) is 0 Å². The van der Waals surface area contributed by atoms with Crippen LogP contribution in [0.4, 0.5) is 0 Å². The van der Waals surface area contributed by atoms with Gasteiger partial charge in [0.25, 0.3) is 0 Å². The second-order valence-corrected chi connectivity index (χ2v) is 7.72. The van der Waals surface area contributed by atoms with Crippen molar-refractivity contribution in [1.82, 2.24) is 4.57 Å². The molecule has 0 atom stereocenters. The SMILES string of the molecule is CC.Cn1c2c(c3cc(-c4ccc(O)cc4)ccc31)C=C(C1=CC=C(O)CC1)CC2. The number of aliphatic hydroxyl groups is 1. The molecule has 0 radical (unpaired) electrons. The topological polar surface area (TPSA) is 45.4 Å². The molecule has 2 aromatic carbocycles. The maximum atomic E-state index is 9.66. The minimum atomic E-state index is 0.287. The van der Waals surface area contributed by atoms with Crippen molar-refractivity contribution in [3.8, 4) is 16.9 Å². The smallest absolute Gasteiger partial charge is 0.115 e. The molecule has 0 saturated carbocycles. The molecule has 2 N–H and O–H groups in total. The number of allylic oxidation sites excluding steroid dienone is 5. The number of fused-ring (bicyclic) bond motifs is 3. The van der Waals surface area contributed by atoms with E-state index in [9.17, 15) is 10.2 Å². The van der Waals surface area contributed by atoms with E-state index in [0.717, 1.165) is 36.8 Å². The molecule has 5 rings (SSSR count). The van der Waals surface area contributed by atoms with Crippen LogP contribution >= 0.6 is 0 Å². The minimum absolute atomic E-state index is 0.287. The van der Waals surface area contributed by atoms with Crippen LogP contribution in [0.25, 0.3) is 28.1 Å². The largest absolute Gasteiger partial charge is 0.512 e. The van der Waals surface area contributed by atoms with E-state index in [-0.39, 0.29) is 5.75 Å². The van der Waals surface area contributed by atoms with Gasteiger partial charge in [0.05, 0.1) is 5.76 Å². The van der Waals surface area contributed by atoms with Crippen LogP contribution in [0.2, 0.25) is 0 Å². The molecule has 3 heteroatoms. The van der Waals surface area contributed by atoms with Crippen LogP contribution in [0.3, 0.4) is 0 Å². The highest BCUT2D eigenvalue weighted by molar-refractivity contribution is 5.95. The summed E-state index contributed by atoms with van der Waals surface area (Å²) >= 11 is 0. The van der Waals surface area contributed by atoms with E-state index in [4.69, 9.17) is 0 Å². The molecule has 3 nitrogen and oxygen atoms in total. The molecule has 0 fully saturated rings.